The van der Waals surface area contributed by atoms with Crippen LogP contribution in [-0.2, 0) is 6.42 Å². The van der Waals surface area contributed by atoms with Crippen molar-refractivity contribution >= 4 is 0 Å². The molecule has 1 aromatic rings. The first-order valence-electron chi connectivity index (χ1n) is 7.06. The van der Waals surface area contributed by atoms with Gasteiger partial charge in [0.05, 0.1) is 0 Å². The normalized spacial score (nSPS) is 26.2. The average Bonchev–Trinajstić information content (AvgIpc) is 3.14. The number of aromatic nitrogens is 2. The van der Waals surface area contributed by atoms with E-state index in [0.717, 1.165) is 24.7 Å². The third kappa shape index (κ3) is 3.09. The van der Waals surface area contributed by atoms with Gasteiger partial charge in [-0.1, -0.05) is 5.16 Å². The van der Waals surface area contributed by atoms with Crippen molar-refractivity contribution in [3.05, 3.63) is 11.7 Å². The van der Waals surface area contributed by atoms with Gasteiger partial charge in [-0.15, -0.1) is 0 Å². The second-order valence-corrected chi connectivity index (χ2v) is 5.53. The summed E-state index contributed by atoms with van der Waals surface area (Å²) in [5.41, 5.74) is 0. The standard InChI is InChI=1S/C13H22N4O/c1-10-15-13(16-18-10)5-8-17-7-2-6-14-12(9-17)11-3-4-11/h11-12,14H,2-9H2,1H3. The van der Waals surface area contributed by atoms with Gasteiger partial charge in [-0.05, 0) is 38.3 Å². The molecule has 1 aliphatic carbocycles. The van der Waals surface area contributed by atoms with Crippen molar-refractivity contribution in [2.45, 2.75) is 38.6 Å². The molecule has 1 saturated carbocycles. The van der Waals surface area contributed by atoms with Gasteiger partial charge in [0.25, 0.3) is 0 Å². The van der Waals surface area contributed by atoms with Crippen molar-refractivity contribution in [3.63, 3.8) is 0 Å². The summed E-state index contributed by atoms with van der Waals surface area (Å²) in [6.07, 6.45) is 4.97. The molecular weight excluding hydrogens is 228 g/mol. The molecule has 0 bridgehead atoms. The van der Waals surface area contributed by atoms with E-state index in [1.807, 2.05) is 6.92 Å². The van der Waals surface area contributed by atoms with Crippen molar-refractivity contribution in [2.24, 2.45) is 5.92 Å². The van der Waals surface area contributed by atoms with Gasteiger partial charge in [-0.3, -0.25) is 0 Å². The first-order chi connectivity index (χ1) is 8.81. The highest BCUT2D eigenvalue weighted by atomic mass is 16.5. The fourth-order valence-corrected chi connectivity index (χ4v) is 2.74. The molecule has 0 spiro atoms. The molecule has 1 aliphatic heterocycles. The number of aryl methyl sites for hydroxylation is 1. The summed E-state index contributed by atoms with van der Waals surface area (Å²) in [6, 6.07) is 0.708. The Bertz CT molecular complexity index is 388. The van der Waals surface area contributed by atoms with Crippen LogP contribution in [0.25, 0.3) is 0 Å². The maximum atomic E-state index is 5.01. The number of hydrogen-bond donors (Lipinski definition) is 1. The second kappa shape index (κ2) is 5.36. The van der Waals surface area contributed by atoms with Gasteiger partial charge >= 0.3 is 0 Å². The van der Waals surface area contributed by atoms with Crippen LogP contribution >= 0.6 is 0 Å². The Morgan fingerprint density at radius 2 is 2.33 bits per heavy atom. The van der Waals surface area contributed by atoms with Crippen LogP contribution in [0.3, 0.4) is 0 Å². The summed E-state index contributed by atoms with van der Waals surface area (Å²) in [7, 11) is 0. The molecule has 5 heteroatoms. The molecule has 0 aromatic carbocycles. The molecule has 1 aromatic heterocycles. The fourth-order valence-electron chi connectivity index (χ4n) is 2.74. The minimum Gasteiger partial charge on any atom is -0.340 e. The van der Waals surface area contributed by atoms with E-state index in [1.54, 1.807) is 0 Å². The van der Waals surface area contributed by atoms with Crippen LogP contribution in [0.5, 0.6) is 0 Å². The van der Waals surface area contributed by atoms with Crippen LogP contribution in [0, 0.1) is 12.8 Å². The maximum Gasteiger partial charge on any atom is 0.223 e. The molecule has 0 amide bonds. The van der Waals surface area contributed by atoms with Crippen LogP contribution in [-0.4, -0.2) is 47.3 Å². The molecule has 18 heavy (non-hydrogen) atoms. The first kappa shape index (κ1) is 12.1. The molecule has 1 saturated heterocycles. The SMILES string of the molecule is Cc1nc(CCN2CCCNC(C3CC3)C2)no1. The third-order valence-corrected chi connectivity index (χ3v) is 3.92. The van der Waals surface area contributed by atoms with Gasteiger partial charge in [0, 0.05) is 32.5 Å². The molecule has 0 radical (unpaired) electrons. The largest absolute Gasteiger partial charge is 0.340 e. The van der Waals surface area contributed by atoms with Gasteiger partial charge < -0.3 is 14.7 Å². The minimum atomic E-state index is 0.665. The molecule has 2 aliphatic rings. The quantitative estimate of drug-likeness (QED) is 0.864. The molecule has 3 rings (SSSR count). The van der Waals surface area contributed by atoms with Crippen LogP contribution in [0.15, 0.2) is 4.52 Å². The Kier molecular flexibility index (Phi) is 3.61. The zero-order valence-corrected chi connectivity index (χ0v) is 11.1. The molecule has 1 unspecified atom stereocenters. The molecule has 2 fully saturated rings. The van der Waals surface area contributed by atoms with Gasteiger partial charge in [0.15, 0.2) is 5.82 Å². The van der Waals surface area contributed by atoms with Crippen molar-refractivity contribution in [1.82, 2.24) is 20.4 Å². The Morgan fingerprint density at radius 1 is 1.44 bits per heavy atom. The number of nitrogens with zero attached hydrogens (tertiary/aromatic N) is 3. The highest BCUT2D eigenvalue weighted by molar-refractivity contribution is 4.91. The van der Waals surface area contributed by atoms with Crippen molar-refractivity contribution < 1.29 is 4.52 Å². The fraction of sp³-hybridized carbons (Fsp3) is 0.846. The lowest BCUT2D eigenvalue weighted by Gasteiger charge is -2.23. The van der Waals surface area contributed by atoms with E-state index in [-0.39, 0.29) is 0 Å². The van der Waals surface area contributed by atoms with Crippen LogP contribution in [0.4, 0.5) is 0 Å². The summed E-state index contributed by atoms with van der Waals surface area (Å²) in [5, 5.41) is 7.65. The maximum absolute atomic E-state index is 5.01. The van der Waals surface area contributed by atoms with E-state index in [0.29, 0.717) is 11.9 Å². The van der Waals surface area contributed by atoms with Crippen molar-refractivity contribution in [2.75, 3.05) is 26.2 Å². The summed E-state index contributed by atoms with van der Waals surface area (Å²) in [4.78, 5) is 6.82. The van der Waals surface area contributed by atoms with E-state index >= 15 is 0 Å². The van der Waals surface area contributed by atoms with Gasteiger partial charge in [-0.2, -0.15) is 4.98 Å². The number of rotatable bonds is 4. The first-order valence-corrected chi connectivity index (χ1v) is 7.06. The van der Waals surface area contributed by atoms with E-state index in [9.17, 15) is 0 Å². The second-order valence-electron chi connectivity index (χ2n) is 5.53. The molecule has 2 heterocycles. The summed E-state index contributed by atoms with van der Waals surface area (Å²) in [5.74, 6) is 2.43. The Labute approximate surface area is 108 Å². The van der Waals surface area contributed by atoms with E-state index in [1.165, 1.54) is 38.9 Å². The lowest BCUT2D eigenvalue weighted by molar-refractivity contribution is 0.259. The van der Waals surface area contributed by atoms with E-state index in [2.05, 4.69) is 20.4 Å². The van der Waals surface area contributed by atoms with Gasteiger partial charge in [0.1, 0.15) is 0 Å². The predicted molar refractivity (Wildman–Crippen MR) is 68.3 cm³/mol. The smallest absolute Gasteiger partial charge is 0.223 e. The van der Waals surface area contributed by atoms with Crippen molar-refractivity contribution in [1.29, 1.82) is 0 Å². The number of hydrogen-bond acceptors (Lipinski definition) is 5. The lowest BCUT2D eigenvalue weighted by atomic mass is 10.2. The molecule has 100 valence electrons. The highest BCUT2D eigenvalue weighted by Gasteiger charge is 2.32. The van der Waals surface area contributed by atoms with Crippen molar-refractivity contribution in [3.8, 4) is 0 Å². The molecule has 1 atom stereocenters. The van der Waals surface area contributed by atoms with Gasteiger partial charge in [-0.25, -0.2) is 0 Å². The van der Waals surface area contributed by atoms with Crippen LogP contribution in [0.1, 0.15) is 31.0 Å². The summed E-state index contributed by atoms with van der Waals surface area (Å²) >= 11 is 0. The third-order valence-electron chi connectivity index (χ3n) is 3.92. The van der Waals surface area contributed by atoms with E-state index in [4.69, 9.17) is 4.52 Å². The molecule has 5 nitrogen and oxygen atoms in total. The van der Waals surface area contributed by atoms with Crippen LogP contribution < -0.4 is 5.32 Å². The topological polar surface area (TPSA) is 54.2 Å². The highest BCUT2D eigenvalue weighted by Crippen LogP contribution is 2.33. The number of nitrogens with one attached hydrogen (secondary N) is 1. The molecule has 1 N–H and O–H groups in total. The zero-order chi connectivity index (χ0) is 12.4. The van der Waals surface area contributed by atoms with E-state index < -0.39 is 0 Å². The monoisotopic (exact) mass is 250 g/mol. The predicted octanol–water partition coefficient (Wildman–Crippen LogP) is 0.994. The minimum absolute atomic E-state index is 0.665. The van der Waals surface area contributed by atoms with Gasteiger partial charge in [0.2, 0.25) is 5.89 Å². The Balaban J connectivity index is 1.51. The molecular formula is C13H22N4O. The Morgan fingerprint density at radius 3 is 3.06 bits per heavy atom. The van der Waals surface area contributed by atoms with Crippen LogP contribution in [0.2, 0.25) is 0 Å². The zero-order valence-electron chi connectivity index (χ0n) is 11.1. The summed E-state index contributed by atoms with van der Waals surface area (Å²) < 4.78 is 5.01. The average molecular weight is 250 g/mol. The Hall–Kier alpha value is -0.940. The summed E-state index contributed by atoms with van der Waals surface area (Å²) in [6.45, 7) is 6.42. The lowest BCUT2D eigenvalue weighted by Crippen LogP contribution is -2.39.